The van der Waals surface area contributed by atoms with Crippen LogP contribution in [-0.2, 0) is 19.1 Å². The summed E-state index contributed by atoms with van der Waals surface area (Å²) in [6, 6.07) is -0.231. The SMILES string of the molecule is CCC(CC(=O)O)OC(=O)C/C=C/CNC(=O)C(CC)NCC(C)C(C)C. The van der Waals surface area contributed by atoms with Crippen LogP contribution in [0.5, 0.6) is 0 Å². The number of carboxylic acids is 1. The summed E-state index contributed by atoms with van der Waals surface area (Å²) < 4.78 is 5.10. The molecule has 0 aromatic rings. The van der Waals surface area contributed by atoms with Gasteiger partial charge in [0, 0.05) is 6.54 Å². The Labute approximate surface area is 162 Å². The molecule has 3 atom stereocenters. The molecule has 0 aromatic heterocycles. The molecule has 3 unspecified atom stereocenters. The largest absolute Gasteiger partial charge is 0.481 e. The standard InChI is InChI=1S/C20H36N2O5/c1-6-16(12-18(23)24)27-19(25)10-8-9-11-21-20(26)17(7-2)22-13-15(5)14(3)4/h8-9,14-17,22H,6-7,10-13H2,1-5H3,(H,21,26)(H,23,24)/b9-8+. The summed E-state index contributed by atoms with van der Waals surface area (Å²) in [5.41, 5.74) is 0. The van der Waals surface area contributed by atoms with Crippen molar-refractivity contribution in [2.45, 2.75) is 72.4 Å². The summed E-state index contributed by atoms with van der Waals surface area (Å²) in [5, 5.41) is 14.9. The molecule has 0 radical (unpaired) electrons. The zero-order chi connectivity index (χ0) is 20.8. The van der Waals surface area contributed by atoms with Crippen molar-refractivity contribution in [2.75, 3.05) is 13.1 Å². The van der Waals surface area contributed by atoms with Crippen LogP contribution in [0.3, 0.4) is 0 Å². The molecule has 27 heavy (non-hydrogen) atoms. The Hall–Kier alpha value is -1.89. The number of carbonyl (C=O) groups is 3. The van der Waals surface area contributed by atoms with Crippen LogP contribution in [-0.4, -0.2) is 48.2 Å². The Morgan fingerprint density at radius 3 is 2.26 bits per heavy atom. The Morgan fingerprint density at radius 1 is 1.07 bits per heavy atom. The van der Waals surface area contributed by atoms with E-state index in [4.69, 9.17) is 9.84 Å². The summed E-state index contributed by atoms with van der Waals surface area (Å²) in [4.78, 5) is 34.5. The molecule has 156 valence electrons. The summed E-state index contributed by atoms with van der Waals surface area (Å²) in [6.07, 6.45) is 3.73. The van der Waals surface area contributed by atoms with Crippen molar-refractivity contribution >= 4 is 17.8 Å². The number of rotatable bonds is 14. The molecule has 0 aliphatic carbocycles. The number of amides is 1. The number of aliphatic carboxylic acids is 1. The van der Waals surface area contributed by atoms with E-state index in [1.165, 1.54) is 0 Å². The van der Waals surface area contributed by atoms with E-state index >= 15 is 0 Å². The number of hydrogen-bond acceptors (Lipinski definition) is 5. The summed E-state index contributed by atoms with van der Waals surface area (Å²) in [6.45, 7) is 11.3. The zero-order valence-corrected chi connectivity index (χ0v) is 17.3. The highest BCUT2D eigenvalue weighted by Gasteiger charge is 2.17. The van der Waals surface area contributed by atoms with Gasteiger partial charge in [0.25, 0.3) is 0 Å². The fourth-order valence-corrected chi connectivity index (χ4v) is 2.23. The van der Waals surface area contributed by atoms with E-state index in [2.05, 4.69) is 31.4 Å². The van der Waals surface area contributed by atoms with Gasteiger partial charge in [0.15, 0.2) is 0 Å². The number of hydrogen-bond donors (Lipinski definition) is 3. The van der Waals surface area contributed by atoms with Crippen molar-refractivity contribution in [1.82, 2.24) is 10.6 Å². The Kier molecular flexibility index (Phi) is 13.2. The van der Waals surface area contributed by atoms with Gasteiger partial charge in [-0.25, -0.2) is 0 Å². The van der Waals surface area contributed by atoms with Crippen LogP contribution >= 0.6 is 0 Å². The van der Waals surface area contributed by atoms with E-state index in [1.54, 1.807) is 19.1 Å². The summed E-state index contributed by atoms with van der Waals surface area (Å²) in [5.74, 6) is -0.473. The molecule has 1 amide bonds. The van der Waals surface area contributed by atoms with E-state index in [1.807, 2.05) is 6.92 Å². The molecule has 0 aliphatic heterocycles. The Bertz CT molecular complexity index is 491. The molecule has 0 heterocycles. The highest BCUT2D eigenvalue weighted by molar-refractivity contribution is 5.81. The topological polar surface area (TPSA) is 105 Å². The number of carboxylic acid groups (broad SMARTS) is 1. The minimum Gasteiger partial charge on any atom is -0.481 e. The first kappa shape index (κ1) is 25.1. The van der Waals surface area contributed by atoms with E-state index in [-0.39, 0.29) is 24.8 Å². The molecule has 0 bridgehead atoms. The zero-order valence-electron chi connectivity index (χ0n) is 17.3. The molecule has 7 heteroatoms. The monoisotopic (exact) mass is 384 g/mol. The fraction of sp³-hybridized carbons (Fsp3) is 0.750. The maximum absolute atomic E-state index is 12.2. The van der Waals surface area contributed by atoms with Crippen molar-refractivity contribution in [1.29, 1.82) is 0 Å². The molecule has 0 aliphatic rings. The number of nitrogens with one attached hydrogen (secondary N) is 2. The summed E-state index contributed by atoms with van der Waals surface area (Å²) in [7, 11) is 0. The van der Waals surface area contributed by atoms with Gasteiger partial charge < -0.3 is 20.5 Å². The smallest absolute Gasteiger partial charge is 0.309 e. The molecule has 0 spiro atoms. The van der Waals surface area contributed by atoms with E-state index in [9.17, 15) is 14.4 Å². The first-order valence-corrected chi connectivity index (χ1v) is 9.78. The first-order chi connectivity index (χ1) is 12.7. The maximum atomic E-state index is 12.2. The molecule has 3 N–H and O–H groups in total. The lowest BCUT2D eigenvalue weighted by atomic mass is 9.98. The van der Waals surface area contributed by atoms with Crippen molar-refractivity contribution in [3.05, 3.63) is 12.2 Å². The van der Waals surface area contributed by atoms with Gasteiger partial charge in [-0.2, -0.15) is 0 Å². The van der Waals surface area contributed by atoms with Gasteiger partial charge in [0.2, 0.25) is 5.91 Å². The maximum Gasteiger partial charge on any atom is 0.309 e. The van der Waals surface area contributed by atoms with Crippen molar-refractivity contribution in [3.63, 3.8) is 0 Å². The minimum atomic E-state index is -0.991. The molecule has 0 saturated carbocycles. The van der Waals surface area contributed by atoms with E-state index in [0.29, 0.717) is 31.2 Å². The van der Waals surface area contributed by atoms with Gasteiger partial charge in [-0.1, -0.05) is 46.8 Å². The molecular formula is C20H36N2O5. The molecule has 0 saturated heterocycles. The number of ether oxygens (including phenoxy) is 1. The van der Waals surface area contributed by atoms with Crippen molar-refractivity contribution < 1.29 is 24.2 Å². The predicted molar refractivity (Wildman–Crippen MR) is 105 cm³/mol. The second kappa shape index (κ2) is 14.2. The third kappa shape index (κ3) is 12.2. The second-order valence-corrected chi connectivity index (χ2v) is 7.13. The van der Waals surface area contributed by atoms with Crippen LogP contribution in [0.1, 0.15) is 60.3 Å². The molecular weight excluding hydrogens is 348 g/mol. The normalized spacial score (nSPS) is 14.7. The Morgan fingerprint density at radius 2 is 1.74 bits per heavy atom. The Balaban J connectivity index is 4.16. The van der Waals surface area contributed by atoms with Crippen LogP contribution < -0.4 is 10.6 Å². The van der Waals surface area contributed by atoms with Crippen molar-refractivity contribution in [3.8, 4) is 0 Å². The lowest BCUT2D eigenvalue weighted by Gasteiger charge is -2.21. The van der Waals surface area contributed by atoms with Crippen molar-refractivity contribution in [2.24, 2.45) is 11.8 Å². The van der Waals surface area contributed by atoms with Crippen LogP contribution in [0, 0.1) is 11.8 Å². The number of carbonyl (C=O) groups excluding carboxylic acids is 2. The highest BCUT2D eigenvalue weighted by Crippen LogP contribution is 2.08. The van der Waals surface area contributed by atoms with Crippen LogP contribution in [0.2, 0.25) is 0 Å². The van der Waals surface area contributed by atoms with Crippen LogP contribution in [0.25, 0.3) is 0 Å². The van der Waals surface area contributed by atoms with Gasteiger partial charge in [-0.05, 0) is 31.2 Å². The van der Waals surface area contributed by atoms with Crippen LogP contribution in [0.4, 0.5) is 0 Å². The van der Waals surface area contributed by atoms with Crippen LogP contribution in [0.15, 0.2) is 12.2 Å². The molecule has 0 fully saturated rings. The third-order valence-corrected chi connectivity index (χ3v) is 4.55. The van der Waals surface area contributed by atoms with E-state index in [0.717, 1.165) is 6.54 Å². The average molecular weight is 385 g/mol. The highest BCUT2D eigenvalue weighted by atomic mass is 16.5. The molecule has 0 rings (SSSR count). The van der Waals surface area contributed by atoms with Gasteiger partial charge >= 0.3 is 11.9 Å². The van der Waals surface area contributed by atoms with E-state index < -0.39 is 18.0 Å². The third-order valence-electron chi connectivity index (χ3n) is 4.55. The average Bonchev–Trinajstić information content (AvgIpc) is 2.60. The minimum absolute atomic E-state index is 0.0490. The lowest BCUT2D eigenvalue weighted by Crippen LogP contribution is -2.45. The van der Waals surface area contributed by atoms with Gasteiger partial charge in [-0.15, -0.1) is 0 Å². The quantitative estimate of drug-likeness (QED) is 0.314. The van der Waals surface area contributed by atoms with Gasteiger partial charge in [0.1, 0.15) is 6.10 Å². The number of esters is 1. The first-order valence-electron chi connectivity index (χ1n) is 9.78. The fourth-order valence-electron chi connectivity index (χ4n) is 2.23. The second-order valence-electron chi connectivity index (χ2n) is 7.13. The molecule has 0 aromatic carbocycles. The van der Waals surface area contributed by atoms with Gasteiger partial charge in [0.05, 0.1) is 18.9 Å². The predicted octanol–water partition coefficient (Wildman–Crippen LogP) is 2.51. The van der Waals surface area contributed by atoms with Gasteiger partial charge in [-0.3, -0.25) is 14.4 Å². The molecule has 7 nitrogen and oxygen atoms in total. The summed E-state index contributed by atoms with van der Waals surface area (Å²) >= 11 is 0. The lowest BCUT2D eigenvalue weighted by molar-refractivity contribution is -0.152.